The summed E-state index contributed by atoms with van der Waals surface area (Å²) in [4.78, 5) is 15.0. The fourth-order valence-corrected chi connectivity index (χ4v) is 4.19. The highest BCUT2D eigenvalue weighted by molar-refractivity contribution is 5.97. The molecule has 0 aromatic heterocycles. The number of methoxy groups -OCH3 is 1. The maximum absolute atomic E-state index is 13.1. The summed E-state index contributed by atoms with van der Waals surface area (Å²) in [5.41, 5.74) is 1.78. The molecule has 0 radical (unpaired) electrons. The first kappa shape index (κ1) is 19.7. The van der Waals surface area contributed by atoms with E-state index in [1.54, 1.807) is 19.2 Å². The summed E-state index contributed by atoms with van der Waals surface area (Å²) in [6, 6.07) is 20.7. The molecule has 3 aromatic rings. The van der Waals surface area contributed by atoms with Gasteiger partial charge in [-0.25, -0.2) is 4.39 Å². The Balaban J connectivity index is 1.37. The largest absolute Gasteiger partial charge is 0.375 e. The first-order chi connectivity index (χ1) is 14.1. The molecular weight excluding hydrogens is 365 g/mol. The summed E-state index contributed by atoms with van der Waals surface area (Å²) in [5, 5.41) is 2.45. The Morgan fingerprint density at radius 1 is 1.03 bits per heavy atom. The quantitative estimate of drug-likeness (QED) is 0.537. The third-order valence-corrected chi connectivity index (χ3v) is 5.94. The molecule has 3 nitrogen and oxygen atoms in total. The molecule has 0 amide bonds. The molecule has 3 aromatic carbocycles. The molecule has 1 heterocycles. The second-order valence-electron chi connectivity index (χ2n) is 7.78. The summed E-state index contributed by atoms with van der Waals surface area (Å²) >= 11 is 0. The predicted molar refractivity (Wildman–Crippen MR) is 114 cm³/mol. The van der Waals surface area contributed by atoms with Gasteiger partial charge >= 0.3 is 0 Å². The maximum Gasteiger partial charge on any atom is 0.166 e. The zero-order valence-electron chi connectivity index (χ0n) is 16.7. The number of carbonyl (C=O) groups is 1. The molecule has 4 rings (SSSR count). The maximum atomic E-state index is 13.1. The van der Waals surface area contributed by atoms with Crippen LogP contribution in [0.1, 0.15) is 34.9 Å². The number of likely N-dealkylation sites (tertiary alicyclic amines) is 1. The molecule has 1 fully saturated rings. The number of rotatable bonds is 6. The van der Waals surface area contributed by atoms with Crippen molar-refractivity contribution in [3.8, 4) is 0 Å². The molecule has 1 atom stereocenters. The number of benzene rings is 3. The van der Waals surface area contributed by atoms with Crippen molar-refractivity contribution in [1.82, 2.24) is 4.90 Å². The van der Waals surface area contributed by atoms with E-state index in [0.29, 0.717) is 5.56 Å². The molecule has 0 spiro atoms. The lowest BCUT2D eigenvalue weighted by Gasteiger charge is -2.33. The van der Waals surface area contributed by atoms with Gasteiger partial charge in [0.05, 0.1) is 6.10 Å². The van der Waals surface area contributed by atoms with Crippen LogP contribution in [0.25, 0.3) is 10.8 Å². The monoisotopic (exact) mass is 391 g/mol. The molecule has 0 N–H and O–H groups in total. The van der Waals surface area contributed by atoms with E-state index in [1.807, 2.05) is 6.07 Å². The number of piperidine rings is 1. The molecule has 1 aliphatic rings. The van der Waals surface area contributed by atoms with Gasteiger partial charge in [-0.2, -0.15) is 0 Å². The first-order valence-corrected chi connectivity index (χ1v) is 10.2. The molecule has 1 aliphatic heterocycles. The molecule has 0 bridgehead atoms. The second kappa shape index (κ2) is 8.85. The van der Waals surface area contributed by atoms with Crippen LogP contribution in [0.15, 0.2) is 66.7 Å². The minimum Gasteiger partial charge on any atom is -0.375 e. The Morgan fingerprint density at radius 2 is 1.72 bits per heavy atom. The van der Waals surface area contributed by atoms with Crippen molar-refractivity contribution in [3.05, 3.63) is 83.7 Å². The number of halogens is 1. The molecule has 150 valence electrons. The average molecular weight is 391 g/mol. The van der Waals surface area contributed by atoms with E-state index in [-0.39, 0.29) is 23.6 Å². The number of fused-ring (bicyclic) bond motifs is 1. The summed E-state index contributed by atoms with van der Waals surface area (Å²) in [7, 11) is 1.75. The van der Waals surface area contributed by atoms with E-state index < -0.39 is 0 Å². The average Bonchev–Trinajstić information content (AvgIpc) is 2.77. The van der Waals surface area contributed by atoms with Crippen LogP contribution in [-0.4, -0.2) is 37.4 Å². The van der Waals surface area contributed by atoms with Crippen LogP contribution in [0.3, 0.4) is 0 Å². The predicted octanol–water partition coefficient (Wildman–Crippen LogP) is 5.26. The van der Waals surface area contributed by atoms with Crippen LogP contribution >= 0.6 is 0 Å². The Morgan fingerprint density at radius 3 is 2.41 bits per heavy atom. The number of carbonyl (C=O) groups excluding carboxylic acids is 1. The zero-order valence-corrected chi connectivity index (χ0v) is 16.7. The smallest absolute Gasteiger partial charge is 0.166 e. The van der Waals surface area contributed by atoms with Crippen LogP contribution in [-0.2, 0) is 4.74 Å². The Kier molecular flexibility index (Phi) is 6.02. The molecule has 0 saturated carbocycles. The van der Waals surface area contributed by atoms with E-state index in [0.717, 1.165) is 32.5 Å². The van der Waals surface area contributed by atoms with Gasteiger partial charge in [0.25, 0.3) is 0 Å². The number of nitrogens with zero attached hydrogens (tertiary/aromatic N) is 1. The highest BCUT2D eigenvalue weighted by atomic mass is 19.1. The van der Waals surface area contributed by atoms with Gasteiger partial charge < -0.3 is 9.64 Å². The standard InChI is InChI=1S/C25H26FNO2/c1-29-24(22-7-6-18-4-2-3-5-21(18)16-22)17-27-14-12-20(13-15-27)25(28)19-8-10-23(26)11-9-19/h2-11,16,20,24H,12-15,17H2,1H3/t24-/m0/s1. The fraction of sp³-hybridized carbons (Fsp3) is 0.320. The molecule has 1 saturated heterocycles. The number of ether oxygens (including phenoxy) is 1. The SMILES string of the molecule is CO[C@@H](CN1CCC(C(=O)c2ccc(F)cc2)CC1)c1ccc2ccccc2c1. The minimum atomic E-state index is -0.310. The Hall–Kier alpha value is -2.56. The van der Waals surface area contributed by atoms with Crippen molar-refractivity contribution < 1.29 is 13.9 Å². The van der Waals surface area contributed by atoms with Gasteiger partial charge in [0.2, 0.25) is 0 Å². The van der Waals surface area contributed by atoms with Gasteiger partial charge in [0.15, 0.2) is 5.78 Å². The van der Waals surface area contributed by atoms with E-state index in [9.17, 15) is 9.18 Å². The molecular formula is C25H26FNO2. The lowest BCUT2D eigenvalue weighted by Crippen LogP contribution is -2.39. The van der Waals surface area contributed by atoms with Crippen LogP contribution in [0, 0.1) is 11.7 Å². The molecule has 4 heteroatoms. The van der Waals surface area contributed by atoms with Crippen molar-refractivity contribution in [2.75, 3.05) is 26.7 Å². The number of Topliss-reactive ketones (excluding diaryl/α,β-unsaturated/α-hetero) is 1. The lowest BCUT2D eigenvalue weighted by atomic mass is 9.88. The van der Waals surface area contributed by atoms with Gasteiger partial charge in [0.1, 0.15) is 5.82 Å². The zero-order chi connectivity index (χ0) is 20.2. The molecule has 0 aliphatic carbocycles. The van der Waals surface area contributed by atoms with E-state index in [1.165, 1.54) is 28.5 Å². The van der Waals surface area contributed by atoms with Gasteiger partial charge in [-0.15, -0.1) is 0 Å². The second-order valence-corrected chi connectivity index (χ2v) is 7.78. The highest BCUT2D eigenvalue weighted by Crippen LogP contribution is 2.27. The summed E-state index contributed by atoms with van der Waals surface area (Å²) < 4.78 is 18.9. The van der Waals surface area contributed by atoms with Gasteiger partial charge in [-0.3, -0.25) is 4.79 Å². The third kappa shape index (κ3) is 4.55. The topological polar surface area (TPSA) is 29.5 Å². The number of hydrogen-bond acceptors (Lipinski definition) is 3. The van der Waals surface area contributed by atoms with Crippen LogP contribution in [0.2, 0.25) is 0 Å². The van der Waals surface area contributed by atoms with Crippen molar-refractivity contribution in [1.29, 1.82) is 0 Å². The number of hydrogen-bond donors (Lipinski definition) is 0. The van der Waals surface area contributed by atoms with Gasteiger partial charge in [-0.1, -0.05) is 36.4 Å². The minimum absolute atomic E-state index is 0.00366. The third-order valence-electron chi connectivity index (χ3n) is 5.94. The van der Waals surface area contributed by atoms with Crippen molar-refractivity contribution >= 4 is 16.6 Å². The normalized spacial score (nSPS) is 16.8. The van der Waals surface area contributed by atoms with E-state index in [4.69, 9.17) is 4.74 Å². The number of ketones is 1. The lowest BCUT2D eigenvalue weighted by molar-refractivity contribution is 0.0486. The van der Waals surface area contributed by atoms with E-state index >= 15 is 0 Å². The van der Waals surface area contributed by atoms with Gasteiger partial charge in [-0.05, 0) is 72.6 Å². The molecule has 0 unspecified atom stereocenters. The van der Waals surface area contributed by atoms with Crippen molar-refractivity contribution in [3.63, 3.8) is 0 Å². The summed E-state index contributed by atoms with van der Waals surface area (Å²) in [6.07, 6.45) is 1.65. The van der Waals surface area contributed by atoms with E-state index in [2.05, 4.69) is 41.3 Å². The summed E-state index contributed by atoms with van der Waals surface area (Å²) in [5.74, 6) is -0.170. The summed E-state index contributed by atoms with van der Waals surface area (Å²) in [6.45, 7) is 2.54. The van der Waals surface area contributed by atoms with Crippen LogP contribution < -0.4 is 0 Å². The molecule has 29 heavy (non-hydrogen) atoms. The van der Waals surface area contributed by atoms with Crippen LogP contribution in [0.4, 0.5) is 4.39 Å². The fourth-order valence-electron chi connectivity index (χ4n) is 4.19. The Labute approximate surface area is 171 Å². The van der Waals surface area contributed by atoms with Gasteiger partial charge in [0, 0.05) is 25.1 Å². The highest BCUT2D eigenvalue weighted by Gasteiger charge is 2.27. The first-order valence-electron chi connectivity index (χ1n) is 10.2. The van der Waals surface area contributed by atoms with Crippen molar-refractivity contribution in [2.45, 2.75) is 18.9 Å². The Bertz CT molecular complexity index is 978. The van der Waals surface area contributed by atoms with Crippen molar-refractivity contribution in [2.24, 2.45) is 5.92 Å². The van der Waals surface area contributed by atoms with Crippen LogP contribution in [0.5, 0.6) is 0 Å².